The molecule has 8 heteroatoms. The quantitative estimate of drug-likeness (QED) is 0.700. The van der Waals surface area contributed by atoms with Gasteiger partial charge >= 0.3 is 0 Å². The second kappa shape index (κ2) is 6.71. The summed E-state index contributed by atoms with van der Waals surface area (Å²) in [5.74, 6) is 0. The van der Waals surface area contributed by atoms with E-state index in [1.807, 2.05) is 13.8 Å². The van der Waals surface area contributed by atoms with Crippen LogP contribution in [-0.2, 0) is 10.0 Å². The highest BCUT2D eigenvalue weighted by molar-refractivity contribution is 7.89. The van der Waals surface area contributed by atoms with Gasteiger partial charge in [-0.1, -0.05) is 25.4 Å². The van der Waals surface area contributed by atoms with Crippen LogP contribution in [0.15, 0.2) is 22.0 Å². The number of hydrogen-bond donors (Lipinski definition) is 3. The maximum Gasteiger partial charge on any atom is 0.266 e. The van der Waals surface area contributed by atoms with Crippen molar-refractivity contribution < 1.29 is 13.5 Å². The van der Waals surface area contributed by atoms with Gasteiger partial charge in [-0.3, -0.25) is 4.79 Å². The van der Waals surface area contributed by atoms with Crippen molar-refractivity contribution in [2.75, 3.05) is 13.2 Å². The Bertz CT molecular complexity index is 610. The Morgan fingerprint density at radius 3 is 2.65 bits per heavy atom. The van der Waals surface area contributed by atoms with E-state index in [0.29, 0.717) is 12.8 Å². The van der Waals surface area contributed by atoms with Crippen molar-refractivity contribution >= 4 is 21.6 Å². The lowest BCUT2D eigenvalue weighted by Crippen LogP contribution is -2.34. The van der Waals surface area contributed by atoms with Gasteiger partial charge in [-0.2, -0.15) is 0 Å². The highest BCUT2D eigenvalue weighted by Gasteiger charge is 2.22. The predicted octanol–water partition coefficient (Wildman–Crippen LogP) is 1.11. The summed E-state index contributed by atoms with van der Waals surface area (Å²) >= 11 is 5.61. The molecule has 1 rings (SSSR count). The van der Waals surface area contributed by atoms with Crippen LogP contribution in [-0.4, -0.2) is 31.7 Å². The second-order valence-electron chi connectivity index (χ2n) is 5.33. The van der Waals surface area contributed by atoms with E-state index in [1.54, 1.807) is 0 Å². The molecule has 0 unspecified atom stereocenters. The molecular weight excluding hydrogens is 304 g/mol. The molecule has 0 atom stereocenters. The van der Waals surface area contributed by atoms with Crippen molar-refractivity contribution in [2.24, 2.45) is 5.41 Å². The van der Waals surface area contributed by atoms with Crippen molar-refractivity contribution in [3.63, 3.8) is 0 Å². The summed E-state index contributed by atoms with van der Waals surface area (Å²) in [7, 11) is -3.72. The highest BCUT2D eigenvalue weighted by Crippen LogP contribution is 2.22. The van der Waals surface area contributed by atoms with E-state index in [-0.39, 0.29) is 28.5 Å². The third-order valence-corrected chi connectivity index (χ3v) is 4.56. The Hall–Kier alpha value is -0.890. The molecule has 114 valence electrons. The van der Waals surface area contributed by atoms with Gasteiger partial charge < -0.3 is 10.1 Å². The van der Waals surface area contributed by atoms with Crippen LogP contribution < -0.4 is 10.3 Å². The van der Waals surface area contributed by atoms with E-state index in [9.17, 15) is 13.2 Å². The first-order valence-electron chi connectivity index (χ1n) is 6.17. The minimum atomic E-state index is -3.72. The fourth-order valence-corrected chi connectivity index (χ4v) is 3.08. The number of aromatic nitrogens is 1. The van der Waals surface area contributed by atoms with E-state index >= 15 is 0 Å². The molecule has 0 aliphatic rings. The summed E-state index contributed by atoms with van der Waals surface area (Å²) in [5.41, 5.74) is -0.809. The number of aliphatic hydroxyl groups excluding tert-OH is 1. The number of nitrogens with one attached hydrogen (secondary N) is 2. The zero-order valence-corrected chi connectivity index (χ0v) is 13.0. The minimum Gasteiger partial charge on any atom is -0.396 e. The summed E-state index contributed by atoms with van der Waals surface area (Å²) in [6.07, 6.45) is 2.41. The minimum absolute atomic E-state index is 0.0751. The number of pyridine rings is 1. The summed E-state index contributed by atoms with van der Waals surface area (Å²) in [6.45, 7) is 4.12. The van der Waals surface area contributed by atoms with Gasteiger partial charge in [-0.15, -0.1) is 0 Å². The molecular formula is C12H19ClN2O4S. The standard InChI is InChI=1S/C12H19ClN2O4S/c1-12(2,4-3-5-16)8-15-20(18,19)9-6-10(13)11(17)14-7-9/h6-7,15-16H,3-5,8H2,1-2H3,(H,14,17). The third-order valence-electron chi connectivity index (χ3n) is 2.89. The highest BCUT2D eigenvalue weighted by atomic mass is 35.5. The van der Waals surface area contributed by atoms with Gasteiger partial charge in [0.2, 0.25) is 10.0 Å². The normalized spacial score (nSPS) is 12.6. The van der Waals surface area contributed by atoms with E-state index in [0.717, 1.165) is 12.3 Å². The van der Waals surface area contributed by atoms with Crippen molar-refractivity contribution in [1.29, 1.82) is 0 Å². The number of H-pyrrole nitrogens is 1. The van der Waals surface area contributed by atoms with Crippen LogP contribution in [0, 0.1) is 5.41 Å². The predicted molar refractivity (Wildman–Crippen MR) is 77.4 cm³/mol. The summed E-state index contributed by atoms with van der Waals surface area (Å²) in [4.78, 5) is 13.3. The average molecular weight is 323 g/mol. The topological polar surface area (TPSA) is 99.3 Å². The van der Waals surface area contributed by atoms with Crippen LogP contribution in [0.2, 0.25) is 5.02 Å². The van der Waals surface area contributed by atoms with Gasteiger partial charge in [0.05, 0.1) is 4.90 Å². The van der Waals surface area contributed by atoms with Gasteiger partial charge in [0.15, 0.2) is 0 Å². The van der Waals surface area contributed by atoms with Gasteiger partial charge in [-0.05, 0) is 24.3 Å². The Balaban J connectivity index is 2.80. The molecule has 0 amide bonds. The summed E-state index contributed by atoms with van der Waals surface area (Å²) in [6, 6.07) is 1.11. The van der Waals surface area contributed by atoms with E-state index in [2.05, 4.69) is 9.71 Å². The smallest absolute Gasteiger partial charge is 0.266 e. The molecule has 6 nitrogen and oxygen atoms in total. The Labute approximate surface area is 123 Å². The molecule has 0 spiro atoms. The molecule has 0 bridgehead atoms. The third kappa shape index (κ3) is 4.90. The van der Waals surface area contributed by atoms with Crippen LogP contribution in [0.5, 0.6) is 0 Å². The zero-order valence-electron chi connectivity index (χ0n) is 11.4. The number of sulfonamides is 1. The molecule has 0 fully saturated rings. The molecule has 0 saturated carbocycles. The monoisotopic (exact) mass is 322 g/mol. The molecule has 0 aromatic carbocycles. The number of rotatable bonds is 7. The van der Waals surface area contributed by atoms with Gasteiger partial charge in [0, 0.05) is 19.3 Å². The molecule has 0 radical (unpaired) electrons. The number of hydrogen-bond acceptors (Lipinski definition) is 4. The number of halogens is 1. The van der Waals surface area contributed by atoms with Crippen LogP contribution in [0.1, 0.15) is 26.7 Å². The van der Waals surface area contributed by atoms with Crippen LogP contribution >= 0.6 is 11.6 Å². The Kier molecular flexibility index (Phi) is 5.76. The molecule has 0 saturated heterocycles. The largest absolute Gasteiger partial charge is 0.396 e. The molecule has 20 heavy (non-hydrogen) atoms. The lowest BCUT2D eigenvalue weighted by Gasteiger charge is -2.24. The zero-order chi connectivity index (χ0) is 15.4. The maximum absolute atomic E-state index is 12.1. The molecule has 1 heterocycles. The second-order valence-corrected chi connectivity index (χ2v) is 7.50. The lowest BCUT2D eigenvalue weighted by atomic mass is 9.88. The molecule has 3 N–H and O–H groups in total. The van der Waals surface area contributed by atoms with Gasteiger partial charge in [0.1, 0.15) is 5.02 Å². The Morgan fingerprint density at radius 2 is 2.10 bits per heavy atom. The van der Waals surface area contributed by atoms with E-state index in [4.69, 9.17) is 16.7 Å². The van der Waals surface area contributed by atoms with Crippen LogP contribution in [0.3, 0.4) is 0 Å². The summed E-state index contributed by atoms with van der Waals surface area (Å²) < 4.78 is 26.6. The molecule has 0 aliphatic carbocycles. The Morgan fingerprint density at radius 1 is 1.45 bits per heavy atom. The lowest BCUT2D eigenvalue weighted by molar-refractivity contribution is 0.242. The van der Waals surface area contributed by atoms with Crippen molar-refractivity contribution in [2.45, 2.75) is 31.6 Å². The first-order chi connectivity index (χ1) is 9.18. The van der Waals surface area contributed by atoms with Crippen molar-refractivity contribution in [1.82, 2.24) is 9.71 Å². The first-order valence-corrected chi connectivity index (χ1v) is 8.03. The van der Waals surface area contributed by atoms with Crippen molar-refractivity contribution in [3.8, 4) is 0 Å². The number of aromatic amines is 1. The van der Waals surface area contributed by atoms with Crippen LogP contribution in [0.25, 0.3) is 0 Å². The van der Waals surface area contributed by atoms with E-state index < -0.39 is 15.6 Å². The fourth-order valence-electron chi connectivity index (χ4n) is 1.61. The van der Waals surface area contributed by atoms with Gasteiger partial charge in [0.25, 0.3) is 5.56 Å². The molecule has 1 aromatic heterocycles. The molecule has 1 aromatic rings. The van der Waals surface area contributed by atoms with Crippen molar-refractivity contribution in [3.05, 3.63) is 27.6 Å². The van der Waals surface area contributed by atoms with Gasteiger partial charge in [-0.25, -0.2) is 13.1 Å². The first kappa shape index (κ1) is 17.2. The fraction of sp³-hybridized carbons (Fsp3) is 0.583. The maximum atomic E-state index is 12.1. The summed E-state index contributed by atoms with van der Waals surface area (Å²) in [5, 5.41) is 8.63. The average Bonchev–Trinajstić information content (AvgIpc) is 2.37. The molecule has 0 aliphatic heterocycles. The van der Waals surface area contributed by atoms with Crippen LogP contribution in [0.4, 0.5) is 0 Å². The SMILES string of the molecule is CC(C)(CCCO)CNS(=O)(=O)c1c[nH]c(=O)c(Cl)c1. The van der Waals surface area contributed by atoms with E-state index in [1.165, 1.54) is 0 Å². The number of aliphatic hydroxyl groups is 1.